The molecule has 2 rings (SSSR count). The molecule has 0 aliphatic rings. The normalized spacial score (nSPS) is 13.5. The lowest BCUT2D eigenvalue weighted by atomic mass is 10.0. The first kappa shape index (κ1) is 33.2. The van der Waals surface area contributed by atoms with Gasteiger partial charge in [0.25, 0.3) is 0 Å². The molecule has 11 N–H and O–H groups in total. The summed E-state index contributed by atoms with van der Waals surface area (Å²) in [6.45, 7) is 0.168. The summed E-state index contributed by atoms with van der Waals surface area (Å²) in [5, 5.41) is 25.8. The number of amides is 3. The summed E-state index contributed by atoms with van der Waals surface area (Å²) < 4.78 is 0. The highest BCUT2D eigenvalue weighted by Crippen LogP contribution is 2.08. The van der Waals surface area contributed by atoms with Crippen molar-refractivity contribution < 1.29 is 34.2 Å². The number of carbonyl (C=O) groups is 5. The van der Waals surface area contributed by atoms with Gasteiger partial charge in [0.15, 0.2) is 5.96 Å². The van der Waals surface area contributed by atoms with E-state index in [1.165, 1.54) is 0 Å². The van der Waals surface area contributed by atoms with Gasteiger partial charge in [-0.1, -0.05) is 60.7 Å². The molecule has 0 radical (unpaired) electrons. The van der Waals surface area contributed by atoms with Gasteiger partial charge in [-0.15, -0.1) is 0 Å². The summed E-state index contributed by atoms with van der Waals surface area (Å²) in [5.41, 5.74) is 18.3. The number of nitrogens with one attached hydrogen (secondary N) is 3. The second kappa shape index (κ2) is 17.0. The van der Waals surface area contributed by atoms with Crippen molar-refractivity contribution in [3.63, 3.8) is 0 Å². The zero-order chi connectivity index (χ0) is 31.1. The van der Waals surface area contributed by atoms with E-state index < -0.39 is 60.2 Å². The summed E-state index contributed by atoms with van der Waals surface area (Å²) in [5.74, 6) is -5.36. The lowest BCUT2D eigenvalue weighted by Crippen LogP contribution is -2.58. The summed E-state index contributed by atoms with van der Waals surface area (Å²) in [6.07, 6.45) is -0.313. The predicted octanol–water partition coefficient (Wildman–Crippen LogP) is -1.13. The van der Waals surface area contributed by atoms with Gasteiger partial charge in [0.2, 0.25) is 17.7 Å². The fourth-order valence-electron chi connectivity index (χ4n) is 3.99. The molecule has 0 unspecified atom stereocenters. The van der Waals surface area contributed by atoms with Crippen LogP contribution >= 0.6 is 0 Å². The summed E-state index contributed by atoms with van der Waals surface area (Å²) in [4.78, 5) is 66.1. The minimum atomic E-state index is -1.73. The Morgan fingerprint density at radius 1 is 0.714 bits per heavy atom. The number of carboxylic acids is 2. The Labute approximate surface area is 242 Å². The summed E-state index contributed by atoms with van der Waals surface area (Å²) in [6, 6.07) is 12.5. The number of benzene rings is 2. The molecule has 3 amide bonds. The molecular weight excluding hydrogens is 546 g/mol. The summed E-state index contributed by atoms with van der Waals surface area (Å²) >= 11 is 0. The first-order valence-corrected chi connectivity index (χ1v) is 13.2. The molecule has 0 aromatic heterocycles. The van der Waals surface area contributed by atoms with Gasteiger partial charge in [-0.2, -0.15) is 0 Å². The van der Waals surface area contributed by atoms with Crippen LogP contribution in [0.25, 0.3) is 0 Å². The second-order valence-electron chi connectivity index (χ2n) is 9.55. The Morgan fingerprint density at radius 3 is 1.74 bits per heavy atom. The fraction of sp³-hybridized carbons (Fsp3) is 0.357. The van der Waals surface area contributed by atoms with E-state index in [2.05, 4.69) is 20.9 Å². The van der Waals surface area contributed by atoms with E-state index in [1.807, 2.05) is 30.3 Å². The van der Waals surface area contributed by atoms with Gasteiger partial charge in [0.1, 0.15) is 18.1 Å². The van der Waals surface area contributed by atoms with E-state index in [0.717, 1.165) is 5.56 Å². The number of carboxylic acid groups (broad SMARTS) is 2. The fourth-order valence-corrected chi connectivity index (χ4v) is 3.99. The van der Waals surface area contributed by atoms with Crippen LogP contribution in [-0.4, -0.2) is 76.5 Å². The van der Waals surface area contributed by atoms with Crippen molar-refractivity contribution in [2.24, 2.45) is 22.2 Å². The van der Waals surface area contributed by atoms with Crippen LogP contribution in [0, 0.1) is 0 Å². The van der Waals surface area contributed by atoms with E-state index >= 15 is 0 Å². The maximum atomic E-state index is 13.4. The first-order chi connectivity index (χ1) is 20.0. The molecule has 0 bridgehead atoms. The molecule has 0 heterocycles. The molecule has 0 spiro atoms. The maximum Gasteiger partial charge on any atom is 0.326 e. The maximum absolute atomic E-state index is 13.4. The number of aliphatic carboxylic acids is 2. The molecule has 2 aromatic carbocycles. The Balaban J connectivity index is 2.24. The first-order valence-electron chi connectivity index (χ1n) is 13.2. The van der Waals surface area contributed by atoms with E-state index in [1.54, 1.807) is 30.3 Å². The Hall–Kier alpha value is -4.98. The standard InChI is InChI=1S/C28H37N7O7/c29-19(14-17-8-3-1-4-9-17)24(38)33-20(12-7-13-32-28(30)31)25(39)34-21(15-18-10-5-2-6-11-18)26(40)35-22(27(41)42)16-23(36)37/h1-6,8-11,19-22H,7,12-16,29H2,(H,33,38)(H,34,39)(H,35,40)(H,36,37)(H,41,42)(H4,30,31,32)/t19-,20-,21-,22-/m0/s1. The average Bonchev–Trinajstić information content (AvgIpc) is 2.94. The van der Waals surface area contributed by atoms with Gasteiger partial charge in [0.05, 0.1) is 12.5 Å². The lowest BCUT2D eigenvalue weighted by Gasteiger charge is -2.25. The van der Waals surface area contributed by atoms with Crippen molar-refractivity contribution in [3.8, 4) is 0 Å². The molecule has 0 saturated carbocycles. The Morgan fingerprint density at radius 2 is 1.21 bits per heavy atom. The van der Waals surface area contributed by atoms with Gasteiger partial charge in [-0.05, 0) is 30.4 Å². The van der Waals surface area contributed by atoms with Crippen LogP contribution in [0.4, 0.5) is 0 Å². The molecule has 14 nitrogen and oxygen atoms in total. The predicted molar refractivity (Wildman–Crippen MR) is 154 cm³/mol. The average molecular weight is 584 g/mol. The third-order valence-electron chi connectivity index (χ3n) is 6.12. The zero-order valence-electron chi connectivity index (χ0n) is 22.9. The monoisotopic (exact) mass is 583 g/mol. The molecule has 2 aromatic rings. The van der Waals surface area contributed by atoms with Crippen molar-refractivity contribution in [2.75, 3.05) is 6.54 Å². The van der Waals surface area contributed by atoms with Gasteiger partial charge < -0.3 is 43.4 Å². The molecule has 0 saturated heterocycles. The van der Waals surface area contributed by atoms with Gasteiger partial charge in [0, 0.05) is 13.0 Å². The van der Waals surface area contributed by atoms with E-state index in [4.69, 9.17) is 22.3 Å². The van der Waals surface area contributed by atoms with Gasteiger partial charge in [-0.25, -0.2) is 4.79 Å². The third kappa shape index (κ3) is 12.0. The van der Waals surface area contributed by atoms with Gasteiger partial charge >= 0.3 is 11.9 Å². The molecule has 226 valence electrons. The largest absolute Gasteiger partial charge is 0.481 e. The lowest BCUT2D eigenvalue weighted by molar-refractivity contribution is -0.147. The van der Waals surface area contributed by atoms with Crippen molar-refractivity contribution >= 4 is 35.6 Å². The molecular formula is C28H37N7O7. The van der Waals surface area contributed by atoms with Crippen molar-refractivity contribution in [1.29, 1.82) is 0 Å². The molecule has 4 atom stereocenters. The number of carbonyl (C=O) groups excluding carboxylic acids is 3. The Bertz CT molecular complexity index is 1240. The second-order valence-corrected chi connectivity index (χ2v) is 9.55. The SMILES string of the molecule is NC(N)=NCCC[C@H](NC(=O)[C@@H](N)Cc1ccccc1)C(=O)N[C@@H](Cc1ccccc1)C(=O)N[C@@H](CC(=O)O)C(=O)O. The highest BCUT2D eigenvalue weighted by Gasteiger charge is 2.31. The molecule has 42 heavy (non-hydrogen) atoms. The third-order valence-corrected chi connectivity index (χ3v) is 6.12. The zero-order valence-corrected chi connectivity index (χ0v) is 22.9. The number of hydrogen-bond donors (Lipinski definition) is 8. The number of hydrogen-bond acceptors (Lipinski definition) is 7. The summed E-state index contributed by atoms with van der Waals surface area (Å²) in [7, 11) is 0. The molecule has 0 aliphatic carbocycles. The smallest absolute Gasteiger partial charge is 0.326 e. The van der Waals surface area contributed by atoms with E-state index in [-0.39, 0.29) is 31.8 Å². The van der Waals surface area contributed by atoms with Crippen LogP contribution in [-0.2, 0) is 36.8 Å². The number of guanidine groups is 1. The number of nitrogens with two attached hydrogens (primary N) is 3. The van der Waals surface area contributed by atoms with Crippen molar-refractivity contribution in [1.82, 2.24) is 16.0 Å². The number of aliphatic imine (C=N–C) groups is 1. The van der Waals surface area contributed by atoms with Crippen LogP contribution in [0.2, 0.25) is 0 Å². The van der Waals surface area contributed by atoms with Crippen molar-refractivity contribution in [3.05, 3.63) is 71.8 Å². The minimum absolute atomic E-state index is 0.0417. The molecule has 0 fully saturated rings. The van der Waals surface area contributed by atoms with Crippen LogP contribution in [0.3, 0.4) is 0 Å². The van der Waals surface area contributed by atoms with E-state index in [0.29, 0.717) is 12.0 Å². The van der Waals surface area contributed by atoms with Crippen LogP contribution in [0.1, 0.15) is 30.4 Å². The number of nitrogens with zero attached hydrogens (tertiary/aromatic N) is 1. The van der Waals surface area contributed by atoms with Crippen LogP contribution in [0.5, 0.6) is 0 Å². The highest BCUT2D eigenvalue weighted by molar-refractivity contribution is 5.94. The van der Waals surface area contributed by atoms with Gasteiger partial charge in [-0.3, -0.25) is 24.2 Å². The molecule has 0 aliphatic heterocycles. The van der Waals surface area contributed by atoms with E-state index in [9.17, 15) is 29.1 Å². The Kier molecular flexibility index (Phi) is 13.4. The van der Waals surface area contributed by atoms with Crippen molar-refractivity contribution in [2.45, 2.75) is 56.3 Å². The topological polar surface area (TPSA) is 252 Å². The molecule has 14 heteroatoms. The number of rotatable bonds is 17. The quantitative estimate of drug-likeness (QED) is 0.0631. The van der Waals surface area contributed by atoms with Crippen LogP contribution in [0.15, 0.2) is 65.7 Å². The minimum Gasteiger partial charge on any atom is -0.481 e. The van der Waals surface area contributed by atoms with Crippen LogP contribution < -0.4 is 33.2 Å². The highest BCUT2D eigenvalue weighted by atomic mass is 16.4.